The third kappa shape index (κ3) is 5.13. The summed E-state index contributed by atoms with van der Waals surface area (Å²) in [5, 5.41) is 2.63. The number of halogens is 2. The van der Waals surface area contributed by atoms with Gasteiger partial charge in [0.05, 0.1) is 10.9 Å². The van der Waals surface area contributed by atoms with E-state index >= 15 is 0 Å². The monoisotopic (exact) mass is 410 g/mol. The average molecular weight is 410 g/mol. The summed E-state index contributed by atoms with van der Waals surface area (Å²) in [6.07, 6.45) is 0. The normalized spacial score (nSPS) is 12.3. The fourth-order valence-electron chi connectivity index (χ4n) is 2.33. The van der Waals surface area contributed by atoms with E-state index in [1.54, 1.807) is 6.92 Å². The van der Waals surface area contributed by atoms with Crippen molar-refractivity contribution < 1.29 is 26.8 Å². The third-order valence-corrected chi connectivity index (χ3v) is 5.70. The molecule has 0 bridgehead atoms. The highest BCUT2D eigenvalue weighted by Crippen LogP contribution is 2.18. The molecular weight excluding hydrogens is 390 g/mol. The zero-order valence-corrected chi connectivity index (χ0v) is 16.4. The Balaban J connectivity index is 2.11. The number of sulfone groups is 1. The van der Waals surface area contributed by atoms with Crippen LogP contribution in [0, 0.1) is 11.6 Å². The molecule has 2 amide bonds. The van der Waals surface area contributed by atoms with Crippen LogP contribution in [0.2, 0.25) is 0 Å². The molecule has 9 heteroatoms. The lowest BCUT2D eigenvalue weighted by Gasteiger charge is -2.15. The van der Waals surface area contributed by atoms with Crippen LogP contribution in [0.1, 0.15) is 28.9 Å². The highest BCUT2D eigenvalue weighted by Gasteiger charge is 2.21. The maximum Gasteiger partial charge on any atom is 0.251 e. The lowest BCUT2D eigenvalue weighted by atomic mass is 10.1. The summed E-state index contributed by atoms with van der Waals surface area (Å²) in [5.41, 5.74) is 0.570. The van der Waals surface area contributed by atoms with Crippen molar-refractivity contribution in [2.45, 2.75) is 17.9 Å². The number of hydrogen-bond donors (Lipinski definition) is 1. The maximum absolute atomic E-state index is 13.3. The molecular formula is C19H20F2N2O4S. The first-order chi connectivity index (χ1) is 13.0. The van der Waals surface area contributed by atoms with Crippen molar-refractivity contribution >= 4 is 21.7 Å². The summed E-state index contributed by atoms with van der Waals surface area (Å²) in [6, 6.07) is 7.87. The van der Waals surface area contributed by atoms with Crippen molar-refractivity contribution in [1.29, 1.82) is 0 Å². The van der Waals surface area contributed by atoms with E-state index < -0.39 is 45.1 Å². The van der Waals surface area contributed by atoms with E-state index in [1.807, 2.05) is 0 Å². The third-order valence-electron chi connectivity index (χ3n) is 4.08. The van der Waals surface area contributed by atoms with Gasteiger partial charge in [0, 0.05) is 19.7 Å². The molecule has 0 fully saturated rings. The molecule has 0 aliphatic heterocycles. The zero-order chi connectivity index (χ0) is 21.1. The molecule has 0 aromatic heterocycles. The summed E-state index contributed by atoms with van der Waals surface area (Å²) < 4.78 is 50.8. The van der Waals surface area contributed by atoms with E-state index in [0.29, 0.717) is 5.56 Å². The van der Waals surface area contributed by atoms with Gasteiger partial charge in [-0.15, -0.1) is 0 Å². The van der Waals surface area contributed by atoms with Gasteiger partial charge in [0.15, 0.2) is 21.5 Å². The molecule has 150 valence electrons. The Morgan fingerprint density at radius 1 is 1.04 bits per heavy atom. The van der Waals surface area contributed by atoms with Crippen molar-refractivity contribution in [3.05, 3.63) is 65.2 Å². The summed E-state index contributed by atoms with van der Waals surface area (Å²) in [6.45, 7) is 1.61. The van der Waals surface area contributed by atoms with Crippen LogP contribution in [-0.2, 0) is 14.6 Å². The fourth-order valence-corrected chi connectivity index (χ4v) is 3.63. The minimum atomic E-state index is -3.82. The highest BCUT2D eigenvalue weighted by atomic mass is 32.2. The fraction of sp³-hybridized carbons (Fsp3) is 0.263. The van der Waals surface area contributed by atoms with Gasteiger partial charge in [-0.2, -0.15) is 0 Å². The van der Waals surface area contributed by atoms with E-state index in [2.05, 4.69) is 5.32 Å². The van der Waals surface area contributed by atoms with Crippen molar-refractivity contribution in [2.24, 2.45) is 0 Å². The molecule has 0 aliphatic rings. The minimum Gasteiger partial charge on any atom is -0.348 e. The zero-order valence-electron chi connectivity index (χ0n) is 15.6. The number of carbonyl (C=O) groups excluding carboxylic acids is 2. The van der Waals surface area contributed by atoms with Crippen molar-refractivity contribution in [1.82, 2.24) is 10.2 Å². The van der Waals surface area contributed by atoms with E-state index in [9.17, 15) is 26.8 Å². The molecule has 2 aromatic rings. The number of nitrogens with zero attached hydrogens (tertiary/aromatic N) is 1. The highest BCUT2D eigenvalue weighted by molar-refractivity contribution is 7.92. The van der Waals surface area contributed by atoms with Crippen LogP contribution >= 0.6 is 0 Å². The van der Waals surface area contributed by atoms with Gasteiger partial charge in [0.25, 0.3) is 5.91 Å². The number of carbonyl (C=O) groups is 2. The van der Waals surface area contributed by atoms with E-state index in [-0.39, 0.29) is 10.5 Å². The molecule has 0 radical (unpaired) electrons. The molecule has 2 aromatic carbocycles. The maximum atomic E-state index is 13.3. The van der Waals surface area contributed by atoms with E-state index in [0.717, 1.165) is 12.1 Å². The summed E-state index contributed by atoms with van der Waals surface area (Å²) in [7, 11) is -0.906. The van der Waals surface area contributed by atoms with Gasteiger partial charge in [-0.3, -0.25) is 9.59 Å². The van der Waals surface area contributed by atoms with Crippen LogP contribution in [0.15, 0.2) is 47.4 Å². The molecule has 1 N–H and O–H groups in total. The van der Waals surface area contributed by atoms with Crippen molar-refractivity contribution in [2.75, 3.05) is 19.8 Å². The summed E-state index contributed by atoms with van der Waals surface area (Å²) in [4.78, 5) is 25.1. The Labute approximate surface area is 162 Å². The topological polar surface area (TPSA) is 83.5 Å². The predicted octanol–water partition coefficient (Wildman–Crippen LogP) is 2.32. The van der Waals surface area contributed by atoms with E-state index in [4.69, 9.17) is 0 Å². The van der Waals surface area contributed by atoms with Crippen LogP contribution < -0.4 is 5.32 Å². The molecule has 1 unspecified atom stereocenters. The second-order valence-electron chi connectivity index (χ2n) is 6.44. The molecule has 0 spiro atoms. The predicted molar refractivity (Wildman–Crippen MR) is 99.4 cm³/mol. The second-order valence-corrected chi connectivity index (χ2v) is 8.43. The first-order valence-corrected chi connectivity index (χ1v) is 9.95. The molecule has 1 atom stereocenters. The van der Waals surface area contributed by atoms with Crippen LogP contribution in [0.5, 0.6) is 0 Å². The molecule has 28 heavy (non-hydrogen) atoms. The number of amides is 2. The van der Waals surface area contributed by atoms with Crippen molar-refractivity contribution in [3.8, 4) is 0 Å². The molecule has 6 nitrogen and oxygen atoms in total. The number of benzene rings is 2. The lowest BCUT2D eigenvalue weighted by molar-refractivity contribution is -0.125. The molecule has 0 aliphatic carbocycles. The minimum absolute atomic E-state index is 0.0760. The smallest absolute Gasteiger partial charge is 0.251 e. The van der Waals surface area contributed by atoms with Gasteiger partial charge in [0.2, 0.25) is 5.91 Å². The average Bonchev–Trinajstić information content (AvgIpc) is 2.63. The Kier molecular flexibility index (Phi) is 6.50. The van der Waals surface area contributed by atoms with Crippen molar-refractivity contribution in [3.63, 3.8) is 0 Å². The largest absolute Gasteiger partial charge is 0.348 e. The SMILES string of the molecule is CC(NC(=O)c1ccc(S(=O)(=O)CC(=O)N(C)C)cc1)c1ccc(F)c(F)c1. The Bertz CT molecular complexity index is 989. The Hall–Kier alpha value is -2.81. The molecule has 2 rings (SSSR count). The van der Waals surface area contributed by atoms with Crippen LogP contribution in [0.3, 0.4) is 0 Å². The first-order valence-electron chi connectivity index (χ1n) is 8.30. The van der Waals surface area contributed by atoms with Gasteiger partial charge in [-0.05, 0) is 48.9 Å². The summed E-state index contributed by atoms with van der Waals surface area (Å²) in [5.74, 6) is -3.72. The standard InChI is InChI=1S/C19H20F2N2O4S/c1-12(14-6-9-16(20)17(21)10-14)22-19(25)13-4-7-15(8-5-13)28(26,27)11-18(24)23(2)3/h4-10,12H,11H2,1-3H3,(H,22,25). The van der Waals surface area contributed by atoms with Crippen LogP contribution in [-0.4, -0.2) is 45.0 Å². The van der Waals surface area contributed by atoms with Gasteiger partial charge >= 0.3 is 0 Å². The Morgan fingerprint density at radius 2 is 1.64 bits per heavy atom. The summed E-state index contributed by atoms with van der Waals surface area (Å²) >= 11 is 0. The number of rotatable bonds is 6. The van der Waals surface area contributed by atoms with Gasteiger partial charge < -0.3 is 10.2 Å². The quantitative estimate of drug-likeness (QED) is 0.792. The van der Waals surface area contributed by atoms with Gasteiger partial charge in [0.1, 0.15) is 5.75 Å². The second kappa shape index (κ2) is 8.47. The lowest BCUT2D eigenvalue weighted by Crippen LogP contribution is -2.29. The van der Waals surface area contributed by atoms with Crippen LogP contribution in [0.4, 0.5) is 8.78 Å². The molecule has 0 saturated carbocycles. The molecule has 0 heterocycles. The Morgan fingerprint density at radius 3 is 2.18 bits per heavy atom. The number of nitrogens with one attached hydrogen (secondary N) is 1. The van der Waals surface area contributed by atoms with E-state index in [1.165, 1.54) is 49.3 Å². The van der Waals surface area contributed by atoms with Crippen LogP contribution in [0.25, 0.3) is 0 Å². The number of hydrogen-bond acceptors (Lipinski definition) is 4. The molecule has 0 saturated heterocycles. The van der Waals surface area contributed by atoms with Gasteiger partial charge in [-0.25, -0.2) is 17.2 Å². The van der Waals surface area contributed by atoms with Gasteiger partial charge in [-0.1, -0.05) is 6.07 Å². The first kappa shape index (κ1) is 21.5.